The summed E-state index contributed by atoms with van der Waals surface area (Å²) in [7, 11) is 0. The number of hydrogen-bond acceptors (Lipinski definition) is 3. The number of likely N-dealkylation sites (tertiary alicyclic amines) is 1. The Bertz CT molecular complexity index is 519. The number of hydrogen-bond donors (Lipinski definition) is 1. The standard InChI is InChI=1S/C16H23FN2O2/c1-11(21-13-7-5-4-6-12(13)17)15(20)19-9-8-14(18)16(2,3)10-19/h4-7,11,14H,8-10,18H2,1-3H3. The Kier molecular flexibility index (Phi) is 4.52. The van der Waals surface area contributed by atoms with Crippen molar-refractivity contribution < 1.29 is 13.9 Å². The van der Waals surface area contributed by atoms with E-state index >= 15 is 0 Å². The maximum Gasteiger partial charge on any atom is 0.263 e. The Labute approximate surface area is 125 Å². The van der Waals surface area contributed by atoms with E-state index in [0.717, 1.165) is 6.42 Å². The zero-order valence-electron chi connectivity index (χ0n) is 12.8. The lowest BCUT2D eigenvalue weighted by Crippen LogP contribution is -2.56. The molecule has 1 aromatic rings. The average Bonchev–Trinajstić information content (AvgIpc) is 2.43. The lowest BCUT2D eigenvalue weighted by Gasteiger charge is -2.43. The van der Waals surface area contributed by atoms with Gasteiger partial charge >= 0.3 is 0 Å². The zero-order valence-corrected chi connectivity index (χ0v) is 12.8. The number of carbonyl (C=O) groups excluding carboxylic acids is 1. The summed E-state index contributed by atoms with van der Waals surface area (Å²) < 4.78 is 19.0. The fourth-order valence-corrected chi connectivity index (χ4v) is 2.60. The van der Waals surface area contributed by atoms with Crippen molar-refractivity contribution in [2.75, 3.05) is 13.1 Å². The third-order valence-electron chi connectivity index (χ3n) is 4.11. The van der Waals surface area contributed by atoms with Crippen molar-refractivity contribution in [2.45, 2.75) is 39.3 Å². The third-order valence-corrected chi connectivity index (χ3v) is 4.11. The number of para-hydroxylation sites is 1. The van der Waals surface area contributed by atoms with Crippen molar-refractivity contribution >= 4 is 5.91 Å². The molecule has 2 atom stereocenters. The first-order valence-corrected chi connectivity index (χ1v) is 7.27. The summed E-state index contributed by atoms with van der Waals surface area (Å²) in [5.41, 5.74) is 5.96. The van der Waals surface area contributed by atoms with Gasteiger partial charge in [0.1, 0.15) is 0 Å². The van der Waals surface area contributed by atoms with Gasteiger partial charge in [-0.1, -0.05) is 26.0 Å². The number of amides is 1. The molecule has 21 heavy (non-hydrogen) atoms. The second-order valence-corrected chi connectivity index (χ2v) is 6.33. The second-order valence-electron chi connectivity index (χ2n) is 6.33. The number of halogens is 1. The highest BCUT2D eigenvalue weighted by Crippen LogP contribution is 2.28. The molecule has 1 heterocycles. The Morgan fingerprint density at radius 3 is 2.76 bits per heavy atom. The van der Waals surface area contributed by atoms with Crippen molar-refractivity contribution in [1.82, 2.24) is 4.90 Å². The first-order chi connectivity index (χ1) is 9.81. The molecule has 2 N–H and O–H groups in total. The Morgan fingerprint density at radius 1 is 1.48 bits per heavy atom. The number of rotatable bonds is 3. The minimum absolute atomic E-state index is 0.0874. The van der Waals surface area contributed by atoms with Gasteiger partial charge in [-0.05, 0) is 30.9 Å². The Hall–Kier alpha value is -1.62. The Morgan fingerprint density at radius 2 is 2.14 bits per heavy atom. The first-order valence-electron chi connectivity index (χ1n) is 7.27. The highest BCUT2D eigenvalue weighted by molar-refractivity contribution is 5.81. The SMILES string of the molecule is CC(Oc1ccccc1F)C(=O)N1CCC(N)C(C)(C)C1. The van der Waals surface area contributed by atoms with Gasteiger partial charge in [0.25, 0.3) is 5.91 Å². The molecular formula is C16H23FN2O2. The molecule has 0 radical (unpaired) electrons. The molecule has 116 valence electrons. The summed E-state index contributed by atoms with van der Waals surface area (Å²) in [6, 6.07) is 6.19. The summed E-state index contributed by atoms with van der Waals surface area (Å²) in [5, 5.41) is 0. The predicted molar refractivity (Wildman–Crippen MR) is 79.4 cm³/mol. The monoisotopic (exact) mass is 294 g/mol. The molecule has 5 heteroatoms. The summed E-state index contributed by atoms with van der Waals surface area (Å²) in [6.45, 7) is 6.97. The minimum atomic E-state index is -0.716. The van der Waals surface area contributed by atoms with Crippen LogP contribution in [0.1, 0.15) is 27.2 Å². The molecular weight excluding hydrogens is 271 g/mol. The van der Waals surface area contributed by atoms with Gasteiger partial charge in [0.2, 0.25) is 0 Å². The van der Waals surface area contributed by atoms with E-state index in [0.29, 0.717) is 13.1 Å². The van der Waals surface area contributed by atoms with E-state index < -0.39 is 11.9 Å². The van der Waals surface area contributed by atoms with Gasteiger partial charge < -0.3 is 15.4 Å². The summed E-state index contributed by atoms with van der Waals surface area (Å²) >= 11 is 0. The van der Waals surface area contributed by atoms with Gasteiger partial charge in [-0.25, -0.2) is 4.39 Å². The van der Waals surface area contributed by atoms with Crippen molar-refractivity contribution in [3.05, 3.63) is 30.1 Å². The van der Waals surface area contributed by atoms with Crippen LogP contribution in [0.25, 0.3) is 0 Å². The highest BCUT2D eigenvalue weighted by atomic mass is 19.1. The summed E-state index contributed by atoms with van der Waals surface area (Å²) in [6.07, 6.45) is 0.0533. The number of nitrogens with zero attached hydrogens (tertiary/aromatic N) is 1. The molecule has 4 nitrogen and oxygen atoms in total. The number of ether oxygens (including phenoxy) is 1. The van der Waals surface area contributed by atoms with Crippen LogP contribution < -0.4 is 10.5 Å². The number of benzene rings is 1. The molecule has 2 unspecified atom stereocenters. The van der Waals surface area contributed by atoms with Gasteiger partial charge in [0.15, 0.2) is 17.7 Å². The molecule has 1 amide bonds. The number of nitrogens with two attached hydrogens (primary N) is 1. The average molecular weight is 294 g/mol. The molecule has 0 saturated carbocycles. The molecule has 1 aliphatic rings. The van der Waals surface area contributed by atoms with Gasteiger partial charge in [0.05, 0.1) is 0 Å². The summed E-state index contributed by atoms with van der Waals surface area (Å²) in [4.78, 5) is 14.2. The van der Waals surface area contributed by atoms with Crippen LogP contribution >= 0.6 is 0 Å². The van der Waals surface area contributed by atoms with Crippen LogP contribution in [0, 0.1) is 11.2 Å². The fraction of sp³-hybridized carbons (Fsp3) is 0.562. The summed E-state index contributed by atoms with van der Waals surface area (Å²) in [5.74, 6) is -0.484. The van der Waals surface area contributed by atoms with E-state index in [-0.39, 0.29) is 23.1 Å². The van der Waals surface area contributed by atoms with Crippen LogP contribution in [0.5, 0.6) is 5.75 Å². The molecule has 1 saturated heterocycles. The van der Waals surface area contributed by atoms with Gasteiger partial charge in [-0.3, -0.25) is 4.79 Å². The molecule has 1 aliphatic heterocycles. The van der Waals surface area contributed by atoms with E-state index in [2.05, 4.69) is 13.8 Å². The minimum Gasteiger partial charge on any atom is -0.478 e. The van der Waals surface area contributed by atoms with E-state index in [1.165, 1.54) is 12.1 Å². The highest BCUT2D eigenvalue weighted by Gasteiger charge is 2.36. The first kappa shape index (κ1) is 15.8. The largest absolute Gasteiger partial charge is 0.478 e. The van der Waals surface area contributed by atoms with Crippen LogP contribution in [-0.4, -0.2) is 36.0 Å². The lowest BCUT2D eigenvalue weighted by molar-refractivity contribution is -0.141. The van der Waals surface area contributed by atoms with Crippen molar-refractivity contribution in [2.24, 2.45) is 11.1 Å². The van der Waals surface area contributed by atoms with Gasteiger partial charge in [0, 0.05) is 19.1 Å². The van der Waals surface area contributed by atoms with Crippen LogP contribution in [0.15, 0.2) is 24.3 Å². The third kappa shape index (κ3) is 3.53. The molecule has 1 fully saturated rings. The number of carbonyl (C=O) groups is 1. The fourth-order valence-electron chi connectivity index (χ4n) is 2.60. The number of piperidine rings is 1. The van der Waals surface area contributed by atoms with Crippen LogP contribution in [-0.2, 0) is 4.79 Å². The maximum atomic E-state index is 13.6. The smallest absolute Gasteiger partial charge is 0.263 e. The molecule has 1 aromatic carbocycles. The molecule has 0 aliphatic carbocycles. The predicted octanol–water partition coefficient (Wildman–Crippen LogP) is 2.18. The van der Waals surface area contributed by atoms with E-state index in [1.54, 1.807) is 24.0 Å². The van der Waals surface area contributed by atoms with Gasteiger partial charge in [-0.2, -0.15) is 0 Å². The van der Waals surface area contributed by atoms with Gasteiger partial charge in [-0.15, -0.1) is 0 Å². The zero-order chi connectivity index (χ0) is 15.6. The van der Waals surface area contributed by atoms with Crippen LogP contribution in [0.2, 0.25) is 0 Å². The van der Waals surface area contributed by atoms with Crippen molar-refractivity contribution in [1.29, 1.82) is 0 Å². The molecule has 0 spiro atoms. The van der Waals surface area contributed by atoms with E-state index in [4.69, 9.17) is 10.5 Å². The van der Waals surface area contributed by atoms with E-state index in [9.17, 15) is 9.18 Å². The normalized spacial score (nSPS) is 22.7. The molecule has 2 rings (SSSR count). The second kappa shape index (κ2) is 6.02. The van der Waals surface area contributed by atoms with Crippen molar-refractivity contribution in [3.63, 3.8) is 0 Å². The molecule has 0 bridgehead atoms. The van der Waals surface area contributed by atoms with Crippen LogP contribution in [0.3, 0.4) is 0 Å². The quantitative estimate of drug-likeness (QED) is 0.929. The van der Waals surface area contributed by atoms with Crippen LogP contribution in [0.4, 0.5) is 4.39 Å². The van der Waals surface area contributed by atoms with E-state index in [1.807, 2.05) is 0 Å². The Balaban J connectivity index is 2.01. The molecule has 0 aromatic heterocycles. The lowest BCUT2D eigenvalue weighted by atomic mass is 9.79. The maximum absolute atomic E-state index is 13.6. The topological polar surface area (TPSA) is 55.6 Å². The van der Waals surface area contributed by atoms with Crippen molar-refractivity contribution in [3.8, 4) is 5.75 Å².